The highest BCUT2D eigenvalue weighted by Crippen LogP contribution is 2.20. The third-order valence-electron chi connectivity index (χ3n) is 3.02. The molecule has 2 nitrogen and oxygen atoms in total. The van der Waals surface area contributed by atoms with Crippen LogP contribution in [0.1, 0.15) is 37.8 Å². The molecule has 0 heterocycles. The summed E-state index contributed by atoms with van der Waals surface area (Å²) in [6.07, 6.45) is 4.54. The molecule has 0 aliphatic heterocycles. The van der Waals surface area contributed by atoms with Crippen molar-refractivity contribution in [1.29, 1.82) is 0 Å². The maximum atomic E-state index is 11.4. The highest BCUT2D eigenvalue weighted by atomic mass is 16.1. The normalized spacial score (nSPS) is 20.1. The van der Waals surface area contributed by atoms with E-state index in [4.69, 9.17) is 0 Å². The van der Waals surface area contributed by atoms with Gasteiger partial charge >= 0.3 is 0 Å². The lowest BCUT2D eigenvalue weighted by Gasteiger charge is -2.12. The predicted octanol–water partition coefficient (Wildman–Crippen LogP) is 2.97. The van der Waals surface area contributed by atoms with E-state index < -0.39 is 0 Å². The average molecular weight is 215 g/mol. The monoisotopic (exact) mass is 215 g/mol. The van der Waals surface area contributed by atoms with Gasteiger partial charge in [-0.25, -0.2) is 0 Å². The first-order valence-corrected chi connectivity index (χ1v) is 5.80. The Kier molecular flexibility index (Phi) is 3.40. The van der Waals surface area contributed by atoms with Crippen LogP contribution >= 0.6 is 0 Å². The van der Waals surface area contributed by atoms with E-state index in [9.17, 15) is 4.79 Å². The maximum absolute atomic E-state index is 11.4. The third-order valence-corrected chi connectivity index (χ3v) is 3.02. The summed E-state index contributed by atoms with van der Waals surface area (Å²) in [5.74, 6) is 0.299. The molecule has 1 aromatic carbocycles. The zero-order valence-electron chi connectivity index (χ0n) is 9.57. The molecule has 0 amide bonds. The fourth-order valence-electron chi connectivity index (χ4n) is 1.96. The van der Waals surface area contributed by atoms with E-state index in [0.717, 1.165) is 18.4 Å². The summed E-state index contributed by atoms with van der Waals surface area (Å²) < 4.78 is 0. The van der Waals surface area contributed by atoms with Crippen molar-refractivity contribution in [3.63, 3.8) is 0 Å². The van der Waals surface area contributed by atoms with Gasteiger partial charge in [0.2, 0.25) is 0 Å². The molecule has 0 aromatic heterocycles. The number of hydrogen-bond acceptors (Lipinski definition) is 2. The molecule has 2 heteroatoms. The van der Waals surface area contributed by atoms with Crippen molar-refractivity contribution in [2.45, 2.75) is 32.2 Å². The largest absolute Gasteiger partial charge is 0.384 e. The topological polar surface area (TPSA) is 29.1 Å². The minimum atomic E-state index is 0.252. The number of carbonyl (C=O) groups excluding carboxylic acids is 1. The molecule has 0 saturated heterocycles. The molecule has 1 fully saturated rings. The molecule has 0 radical (unpaired) electrons. The van der Waals surface area contributed by atoms with Crippen LogP contribution in [-0.2, 0) is 4.79 Å². The lowest BCUT2D eigenvalue weighted by atomic mass is 10.1. The van der Waals surface area contributed by atoms with Gasteiger partial charge in [-0.3, -0.25) is 4.79 Å². The van der Waals surface area contributed by atoms with E-state index >= 15 is 0 Å². The standard InChI is InChI=1S/C14H17NO/c1-11(12-6-3-2-4-7-12)15-10-13-8-5-9-14(13)16/h2-4,6-7,10-11,15H,5,8-9H2,1H3/b13-10+/t11-/m0/s1. The van der Waals surface area contributed by atoms with Crippen LogP contribution in [0.5, 0.6) is 0 Å². The molecule has 0 unspecified atom stereocenters. The predicted molar refractivity (Wildman–Crippen MR) is 64.9 cm³/mol. The van der Waals surface area contributed by atoms with Crippen molar-refractivity contribution in [3.05, 3.63) is 47.7 Å². The lowest BCUT2D eigenvalue weighted by molar-refractivity contribution is -0.114. The molecule has 1 aliphatic rings. The van der Waals surface area contributed by atoms with Crippen molar-refractivity contribution >= 4 is 5.78 Å². The molecule has 0 bridgehead atoms. The van der Waals surface area contributed by atoms with Crippen LogP contribution in [0.25, 0.3) is 0 Å². The fourth-order valence-corrected chi connectivity index (χ4v) is 1.96. The van der Waals surface area contributed by atoms with Gasteiger partial charge in [0, 0.05) is 24.2 Å². The average Bonchev–Trinajstić information content (AvgIpc) is 2.73. The fraction of sp³-hybridized carbons (Fsp3) is 0.357. The smallest absolute Gasteiger partial charge is 0.160 e. The van der Waals surface area contributed by atoms with Gasteiger partial charge in [-0.15, -0.1) is 0 Å². The van der Waals surface area contributed by atoms with E-state index in [1.54, 1.807) is 0 Å². The number of hydrogen-bond donors (Lipinski definition) is 1. The number of benzene rings is 1. The van der Waals surface area contributed by atoms with Crippen LogP contribution < -0.4 is 5.32 Å². The van der Waals surface area contributed by atoms with Crippen LogP contribution in [0.15, 0.2) is 42.1 Å². The van der Waals surface area contributed by atoms with E-state index in [0.29, 0.717) is 12.2 Å². The molecule has 2 rings (SSSR count). The molecule has 1 aromatic rings. The first-order chi connectivity index (χ1) is 7.77. The number of carbonyl (C=O) groups is 1. The molecule has 1 atom stereocenters. The number of rotatable bonds is 3. The minimum absolute atomic E-state index is 0.252. The van der Waals surface area contributed by atoms with Gasteiger partial charge in [-0.05, 0) is 25.3 Å². The van der Waals surface area contributed by atoms with Gasteiger partial charge in [0.05, 0.1) is 0 Å². The van der Waals surface area contributed by atoms with Crippen molar-refractivity contribution in [1.82, 2.24) is 5.32 Å². The second kappa shape index (κ2) is 4.97. The number of allylic oxidation sites excluding steroid dienone is 1. The van der Waals surface area contributed by atoms with E-state index in [1.807, 2.05) is 24.4 Å². The summed E-state index contributed by atoms with van der Waals surface area (Å²) in [5.41, 5.74) is 2.19. The van der Waals surface area contributed by atoms with Crippen LogP contribution in [0.3, 0.4) is 0 Å². The molecule has 1 N–H and O–H groups in total. The summed E-state index contributed by atoms with van der Waals surface area (Å²) >= 11 is 0. The summed E-state index contributed by atoms with van der Waals surface area (Å²) in [6, 6.07) is 10.5. The molecular weight excluding hydrogens is 198 g/mol. The van der Waals surface area contributed by atoms with Crippen LogP contribution in [0.4, 0.5) is 0 Å². The molecule has 16 heavy (non-hydrogen) atoms. The molecule has 0 spiro atoms. The van der Waals surface area contributed by atoms with Gasteiger partial charge in [-0.2, -0.15) is 0 Å². The highest BCUT2D eigenvalue weighted by molar-refractivity contribution is 5.97. The van der Waals surface area contributed by atoms with E-state index in [-0.39, 0.29) is 6.04 Å². The van der Waals surface area contributed by atoms with Crippen LogP contribution in [-0.4, -0.2) is 5.78 Å². The first kappa shape index (κ1) is 10.9. The number of Topliss-reactive ketones (excluding diaryl/α,β-unsaturated/α-hetero) is 1. The summed E-state index contributed by atoms with van der Waals surface area (Å²) in [6.45, 7) is 2.10. The Morgan fingerprint density at radius 2 is 2.00 bits per heavy atom. The number of ketones is 1. The molecule has 1 saturated carbocycles. The van der Waals surface area contributed by atoms with Crippen LogP contribution in [0, 0.1) is 0 Å². The lowest BCUT2D eigenvalue weighted by Crippen LogP contribution is -2.13. The Labute approximate surface area is 96.4 Å². The second-order valence-corrected chi connectivity index (χ2v) is 4.25. The quantitative estimate of drug-likeness (QED) is 0.785. The zero-order valence-corrected chi connectivity index (χ0v) is 9.57. The Hall–Kier alpha value is -1.57. The first-order valence-electron chi connectivity index (χ1n) is 5.80. The van der Waals surface area contributed by atoms with Gasteiger partial charge in [-0.1, -0.05) is 30.3 Å². The van der Waals surface area contributed by atoms with Gasteiger partial charge in [0.25, 0.3) is 0 Å². The molecular formula is C14H17NO. The SMILES string of the molecule is C[C@H](N/C=C1\CCCC1=O)c1ccccc1. The van der Waals surface area contributed by atoms with Gasteiger partial charge in [0.15, 0.2) is 5.78 Å². The Bertz CT molecular complexity index is 394. The molecule has 1 aliphatic carbocycles. The van der Waals surface area contributed by atoms with Crippen LogP contribution in [0.2, 0.25) is 0 Å². The molecule has 84 valence electrons. The Balaban J connectivity index is 1.98. The summed E-state index contributed by atoms with van der Waals surface area (Å²) in [4.78, 5) is 11.4. The van der Waals surface area contributed by atoms with Crippen molar-refractivity contribution in [2.75, 3.05) is 0 Å². The van der Waals surface area contributed by atoms with Crippen molar-refractivity contribution in [2.24, 2.45) is 0 Å². The Morgan fingerprint density at radius 3 is 2.62 bits per heavy atom. The van der Waals surface area contributed by atoms with Gasteiger partial charge in [0.1, 0.15) is 0 Å². The van der Waals surface area contributed by atoms with Crippen molar-refractivity contribution in [3.8, 4) is 0 Å². The minimum Gasteiger partial charge on any atom is -0.384 e. The Morgan fingerprint density at radius 1 is 1.25 bits per heavy atom. The zero-order chi connectivity index (χ0) is 11.4. The maximum Gasteiger partial charge on any atom is 0.160 e. The summed E-state index contributed by atoms with van der Waals surface area (Å²) in [7, 11) is 0. The number of nitrogens with one attached hydrogen (secondary N) is 1. The van der Waals surface area contributed by atoms with Crippen molar-refractivity contribution < 1.29 is 4.79 Å². The second-order valence-electron chi connectivity index (χ2n) is 4.25. The third kappa shape index (κ3) is 2.51. The highest BCUT2D eigenvalue weighted by Gasteiger charge is 2.16. The van der Waals surface area contributed by atoms with E-state index in [2.05, 4.69) is 24.4 Å². The van der Waals surface area contributed by atoms with E-state index in [1.165, 1.54) is 5.56 Å². The van der Waals surface area contributed by atoms with Gasteiger partial charge < -0.3 is 5.32 Å². The summed E-state index contributed by atoms with van der Waals surface area (Å²) in [5, 5.41) is 3.29.